The molecule has 0 aliphatic carbocycles. The van der Waals surface area contributed by atoms with Crippen molar-refractivity contribution < 1.29 is 14.2 Å². The van der Waals surface area contributed by atoms with Crippen molar-refractivity contribution in [3.8, 4) is 17.0 Å². The van der Waals surface area contributed by atoms with E-state index < -0.39 is 5.82 Å². The zero-order chi connectivity index (χ0) is 12.4. The van der Waals surface area contributed by atoms with Gasteiger partial charge in [-0.05, 0) is 18.2 Å². The summed E-state index contributed by atoms with van der Waals surface area (Å²) in [6.45, 7) is -0.169. The van der Waals surface area contributed by atoms with Gasteiger partial charge in [0.05, 0.1) is 24.3 Å². The molecule has 0 spiro atoms. The van der Waals surface area contributed by atoms with E-state index in [4.69, 9.17) is 15.6 Å². The fourth-order valence-corrected chi connectivity index (χ4v) is 2.23. The number of thiazole rings is 1. The molecule has 4 nitrogen and oxygen atoms in total. The lowest BCUT2D eigenvalue weighted by Crippen LogP contribution is -1.91. The maximum Gasteiger partial charge on any atom is 0.180 e. The zero-order valence-electron chi connectivity index (χ0n) is 9.11. The van der Waals surface area contributed by atoms with E-state index in [0.29, 0.717) is 21.3 Å². The third-order valence-corrected chi connectivity index (χ3v) is 3.15. The predicted octanol–water partition coefficient (Wildman–Crippen LogP) is 2.03. The molecule has 0 bridgehead atoms. The van der Waals surface area contributed by atoms with E-state index in [-0.39, 0.29) is 12.4 Å². The topological polar surface area (TPSA) is 68.4 Å². The molecule has 1 heterocycles. The Morgan fingerprint density at radius 1 is 1.53 bits per heavy atom. The van der Waals surface area contributed by atoms with Crippen LogP contribution in [-0.2, 0) is 6.61 Å². The number of aromatic nitrogens is 1. The molecular weight excluding hydrogens is 243 g/mol. The lowest BCUT2D eigenvalue weighted by molar-refractivity contribution is 0.286. The quantitative estimate of drug-likeness (QED) is 0.879. The highest BCUT2D eigenvalue weighted by atomic mass is 32.1. The number of benzene rings is 1. The molecule has 6 heteroatoms. The molecular formula is C11H11FN2O2S. The number of nitrogens with zero attached hydrogens (tertiary/aromatic N) is 1. The average molecular weight is 254 g/mol. The van der Waals surface area contributed by atoms with Crippen molar-refractivity contribution >= 4 is 16.5 Å². The Kier molecular flexibility index (Phi) is 3.26. The van der Waals surface area contributed by atoms with E-state index in [0.717, 1.165) is 0 Å². The number of ether oxygens (including phenoxy) is 1. The summed E-state index contributed by atoms with van der Waals surface area (Å²) in [7, 11) is 1.40. The molecule has 0 fully saturated rings. The molecule has 0 radical (unpaired) electrons. The van der Waals surface area contributed by atoms with Gasteiger partial charge in [0.2, 0.25) is 0 Å². The number of halogens is 1. The highest BCUT2D eigenvalue weighted by Crippen LogP contribution is 2.31. The van der Waals surface area contributed by atoms with E-state index in [1.807, 2.05) is 0 Å². The highest BCUT2D eigenvalue weighted by molar-refractivity contribution is 7.15. The molecule has 1 aromatic heterocycles. The van der Waals surface area contributed by atoms with Gasteiger partial charge in [-0.1, -0.05) is 11.3 Å². The van der Waals surface area contributed by atoms with Crippen LogP contribution in [0.15, 0.2) is 18.2 Å². The second-order valence-corrected chi connectivity index (χ2v) is 4.45. The molecule has 0 atom stereocenters. The number of aliphatic hydroxyl groups is 1. The monoisotopic (exact) mass is 254 g/mol. The molecule has 0 unspecified atom stereocenters. The number of nitrogens with two attached hydrogens (primary N) is 1. The number of methoxy groups -OCH3 is 1. The summed E-state index contributed by atoms with van der Waals surface area (Å²) in [6, 6.07) is 4.50. The van der Waals surface area contributed by atoms with Gasteiger partial charge in [-0.25, -0.2) is 9.37 Å². The highest BCUT2D eigenvalue weighted by Gasteiger charge is 2.13. The molecule has 17 heavy (non-hydrogen) atoms. The van der Waals surface area contributed by atoms with Crippen LogP contribution in [0.3, 0.4) is 0 Å². The average Bonchev–Trinajstić information content (AvgIpc) is 2.70. The Morgan fingerprint density at radius 2 is 2.29 bits per heavy atom. The van der Waals surface area contributed by atoms with Gasteiger partial charge in [0, 0.05) is 5.56 Å². The SMILES string of the molecule is COc1ccc(-c2nc(N)sc2CO)cc1F. The minimum absolute atomic E-state index is 0.169. The second kappa shape index (κ2) is 4.68. The van der Waals surface area contributed by atoms with Crippen molar-refractivity contribution in [2.45, 2.75) is 6.61 Å². The van der Waals surface area contributed by atoms with Crippen LogP contribution in [0.25, 0.3) is 11.3 Å². The zero-order valence-corrected chi connectivity index (χ0v) is 9.92. The molecule has 0 aliphatic heterocycles. The number of nitrogen functional groups attached to an aromatic ring is 1. The van der Waals surface area contributed by atoms with Crippen LogP contribution in [-0.4, -0.2) is 17.2 Å². The first-order valence-electron chi connectivity index (χ1n) is 4.85. The van der Waals surface area contributed by atoms with Crippen LogP contribution in [0, 0.1) is 5.82 Å². The molecule has 3 N–H and O–H groups in total. The molecule has 90 valence electrons. The Hall–Kier alpha value is -1.66. The first-order chi connectivity index (χ1) is 8.15. The van der Waals surface area contributed by atoms with E-state index >= 15 is 0 Å². The molecule has 2 aromatic rings. The minimum atomic E-state index is -0.472. The van der Waals surface area contributed by atoms with Crippen LogP contribution >= 0.6 is 11.3 Å². The van der Waals surface area contributed by atoms with Crippen LogP contribution in [0.2, 0.25) is 0 Å². The van der Waals surface area contributed by atoms with Crippen molar-refractivity contribution in [1.82, 2.24) is 4.98 Å². The number of rotatable bonds is 3. The smallest absolute Gasteiger partial charge is 0.180 e. The van der Waals surface area contributed by atoms with E-state index in [1.165, 1.54) is 30.6 Å². The van der Waals surface area contributed by atoms with E-state index in [1.54, 1.807) is 6.07 Å². The first kappa shape index (κ1) is 11.8. The third kappa shape index (κ3) is 2.22. The van der Waals surface area contributed by atoms with Crippen LogP contribution in [0.1, 0.15) is 4.88 Å². The predicted molar refractivity (Wildman–Crippen MR) is 64.4 cm³/mol. The molecule has 0 saturated carbocycles. The van der Waals surface area contributed by atoms with Gasteiger partial charge in [-0.3, -0.25) is 0 Å². The van der Waals surface area contributed by atoms with Crippen LogP contribution in [0.5, 0.6) is 5.75 Å². The lowest BCUT2D eigenvalue weighted by atomic mass is 10.1. The van der Waals surface area contributed by atoms with E-state index in [2.05, 4.69) is 4.98 Å². The van der Waals surface area contributed by atoms with Gasteiger partial charge in [-0.2, -0.15) is 0 Å². The molecule has 1 aromatic carbocycles. The normalized spacial score (nSPS) is 10.5. The van der Waals surface area contributed by atoms with E-state index in [9.17, 15) is 4.39 Å². The number of anilines is 1. The number of hydrogen-bond donors (Lipinski definition) is 2. The summed E-state index contributed by atoms with van der Waals surface area (Å²) in [4.78, 5) is 4.69. The first-order valence-corrected chi connectivity index (χ1v) is 5.67. The second-order valence-electron chi connectivity index (χ2n) is 3.33. The Labute approximate surface area is 101 Å². The van der Waals surface area contributed by atoms with Crippen molar-refractivity contribution in [2.75, 3.05) is 12.8 Å². The summed E-state index contributed by atoms with van der Waals surface area (Å²) in [5, 5.41) is 9.51. The van der Waals surface area contributed by atoms with Gasteiger partial charge in [0.1, 0.15) is 0 Å². The summed E-state index contributed by atoms with van der Waals surface area (Å²) >= 11 is 1.19. The largest absolute Gasteiger partial charge is 0.494 e. The number of hydrogen-bond acceptors (Lipinski definition) is 5. The summed E-state index contributed by atoms with van der Waals surface area (Å²) in [5.41, 5.74) is 6.64. The lowest BCUT2D eigenvalue weighted by Gasteiger charge is -2.04. The summed E-state index contributed by atoms with van der Waals surface area (Å²) in [5.74, 6) is -0.303. The summed E-state index contributed by atoms with van der Waals surface area (Å²) in [6.07, 6.45) is 0. The number of aliphatic hydroxyl groups excluding tert-OH is 1. The van der Waals surface area contributed by atoms with Crippen LogP contribution < -0.4 is 10.5 Å². The van der Waals surface area contributed by atoms with Crippen molar-refractivity contribution in [3.63, 3.8) is 0 Å². The summed E-state index contributed by atoms with van der Waals surface area (Å²) < 4.78 is 18.4. The Morgan fingerprint density at radius 3 is 2.88 bits per heavy atom. The van der Waals surface area contributed by atoms with Gasteiger partial charge in [-0.15, -0.1) is 0 Å². The van der Waals surface area contributed by atoms with Crippen LogP contribution in [0.4, 0.5) is 9.52 Å². The van der Waals surface area contributed by atoms with Gasteiger partial charge in [0.25, 0.3) is 0 Å². The minimum Gasteiger partial charge on any atom is -0.494 e. The molecule has 0 amide bonds. The molecule has 2 rings (SSSR count). The maximum atomic E-state index is 13.5. The van der Waals surface area contributed by atoms with Crippen molar-refractivity contribution in [3.05, 3.63) is 28.9 Å². The fraction of sp³-hybridized carbons (Fsp3) is 0.182. The fourth-order valence-electron chi connectivity index (χ4n) is 1.52. The molecule has 0 aliphatic rings. The van der Waals surface area contributed by atoms with Crippen molar-refractivity contribution in [1.29, 1.82) is 0 Å². The van der Waals surface area contributed by atoms with Gasteiger partial charge in [0.15, 0.2) is 16.7 Å². The third-order valence-electron chi connectivity index (χ3n) is 2.28. The standard InChI is InChI=1S/C11H11FN2O2S/c1-16-8-3-2-6(4-7(8)12)10-9(5-15)17-11(13)14-10/h2-4,15H,5H2,1H3,(H2,13,14). The Bertz CT molecular complexity index is 542. The van der Waals surface area contributed by atoms with Crippen molar-refractivity contribution in [2.24, 2.45) is 0 Å². The van der Waals surface area contributed by atoms with Gasteiger partial charge >= 0.3 is 0 Å². The maximum absolute atomic E-state index is 13.5. The Balaban J connectivity index is 2.49. The molecule has 0 saturated heterocycles. The van der Waals surface area contributed by atoms with Gasteiger partial charge < -0.3 is 15.6 Å².